The molecule has 0 bridgehead atoms. The molecule has 0 radical (unpaired) electrons. The van der Waals surface area contributed by atoms with Crippen molar-refractivity contribution in [3.63, 3.8) is 0 Å². The molecule has 1 fully saturated rings. The molecule has 1 saturated heterocycles. The summed E-state index contributed by atoms with van der Waals surface area (Å²) in [7, 11) is 1.32. The Kier molecular flexibility index (Phi) is 6.90. The van der Waals surface area contributed by atoms with Gasteiger partial charge < -0.3 is 15.0 Å². The number of ketones is 1. The summed E-state index contributed by atoms with van der Waals surface area (Å²) in [4.78, 5) is 42.5. The van der Waals surface area contributed by atoms with Crippen molar-refractivity contribution in [1.29, 1.82) is 0 Å². The first kappa shape index (κ1) is 22.7. The number of H-pyrrole nitrogens is 1. The Bertz CT molecular complexity index is 975. The van der Waals surface area contributed by atoms with Crippen LogP contribution in [0.25, 0.3) is 0 Å². The number of hydrogen-bond acceptors (Lipinski definition) is 5. The zero-order valence-electron chi connectivity index (χ0n) is 18.3. The summed E-state index contributed by atoms with van der Waals surface area (Å²) in [6.45, 7) is 6.66. The van der Waals surface area contributed by atoms with Crippen LogP contribution in [0.3, 0.4) is 0 Å². The molecule has 1 atom stereocenters. The number of methoxy groups -OCH3 is 1. The second-order valence-electron chi connectivity index (χ2n) is 7.95. The van der Waals surface area contributed by atoms with Crippen molar-refractivity contribution in [3.8, 4) is 0 Å². The van der Waals surface area contributed by atoms with Gasteiger partial charge in [0.1, 0.15) is 5.82 Å². The van der Waals surface area contributed by atoms with Crippen LogP contribution in [0.15, 0.2) is 24.3 Å². The molecule has 0 spiro atoms. The molecule has 1 aliphatic heterocycles. The predicted molar refractivity (Wildman–Crippen MR) is 114 cm³/mol. The number of carbonyl (C=O) groups is 3. The summed E-state index contributed by atoms with van der Waals surface area (Å²) < 4.78 is 17.8. The number of nitrogens with zero attached hydrogens (tertiary/aromatic N) is 1. The number of esters is 1. The molecule has 1 aliphatic rings. The Balaban J connectivity index is 1.59. The highest BCUT2D eigenvalue weighted by molar-refractivity contribution is 6.03. The van der Waals surface area contributed by atoms with Crippen molar-refractivity contribution >= 4 is 17.7 Å². The largest absolute Gasteiger partial charge is 0.465 e. The second kappa shape index (κ2) is 9.43. The van der Waals surface area contributed by atoms with Gasteiger partial charge in [-0.3, -0.25) is 14.5 Å². The maximum Gasteiger partial charge on any atom is 0.339 e. The van der Waals surface area contributed by atoms with E-state index in [0.29, 0.717) is 54.0 Å². The van der Waals surface area contributed by atoms with Crippen LogP contribution in [0.5, 0.6) is 0 Å². The minimum absolute atomic E-state index is 0.00324. The lowest BCUT2D eigenvalue weighted by Gasteiger charge is -2.35. The van der Waals surface area contributed by atoms with Gasteiger partial charge in [-0.25, -0.2) is 9.18 Å². The molecule has 1 unspecified atom stereocenters. The molecular weight excluding hydrogens is 401 g/mol. The predicted octanol–water partition coefficient (Wildman–Crippen LogP) is 3.02. The Morgan fingerprint density at radius 2 is 1.77 bits per heavy atom. The number of Topliss-reactive ketones (excluding diaryl/α,β-unsaturated/α-hetero) is 1. The topological polar surface area (TPSA) is 91.5 Å². The van der Waals surface area contributed by atoms with E-state index in [9.17, 15) is 18.8 Å². The Labute approximate surface area is 181 Å². The standard InChI is InChI=1S/C23H28FN3O4/c1-13-19(23(30)31-4)14(2)25-20(13)21(28)15(3)27-11-9-18(10-12-27)26-22(29)16-5-7-17(24)8-6-16/h5-8,15,18,25H,9-12H2,1-4H3,(H,26,29). The average Bonchev–Trinajstić information content (AvgIpc) is 3.07. The third kappa shape index (κ3) is 4.85. The van der Waals surface area contributed by atoms with E-state index in [1.807, 2.05) is 6.92 Å². The summed E-state index contributed by atoms with van der Waals surface area (Å²) in [5.41, 5.74) is 2.47. The number of carbonyl (C=O) groups excluding carboxylic acids is 3. The van der Waals surface area contributed by atoms with Crippen molar-refractivity contribution < 1.29 is 23.5 Å². The highest BCUT2D eigenvalue weighted by Gasteiger charge is 2.31. The fraction of sp³-hybridized carbons (Fsp3) is 0.435. The monoisotopic (exact) mass is 429 g/mol. The fourth-order valence-electron chi connectivity index (χ4n) is 4.08. The van der Waals surface area contributed by atoms with E-state index < -0.39 is 5.97 Å². The lowest BCUT2D eigenvalue weighted by Crippen LogP contribution is -2.49. The lowest BCUT2D eigenvalue weighted by atomic mass is 9.99. The van der Waals surface area contributed by atoms with Crippen LogP contribution < -0.4 is 5.32 Å². The van der Waals surface area contributed by atoms with Crippen LogP contribution in [-0.4, -0.2) is 59.8 Å². The summed E-state index contributed by atoms with van der Waals surface area (Å²) >= 11 is 0. The number of piperidine rings is 1. The minimum atomic E-state index is -0.462. The van der Waals surface area contributed by atoms with Gasteiger partial charge in [0, 0.05) is 30.4 Å². The molecule has 7 nitrogen and oxygen atoms in total. The van der Waals surface area contributed by atoms with Gasteiger partial charge >= 0.3 is 5.97 Å². The van der Waals surface area contributed by atoms with E-state index >= 15 is 0 Å². The summed E-state index contributed by atoms with van der Waals surface area (Å²) in [6.07, 6.45) is 1.42. The average molecular weight is 429 g/mol. The first-order valence-electron chi connectivity index (χ1n) is 10.3. The lowest BCUT2D eigenvalue weighted by molar-refractivity contribution is 0.0599. The fourth-order valence-corrected chi connectivity index (χ4v) is 4.08. The number of halogens is 1. The van der Waals surface area contributed by atoms with E-state index in [-0.39, 0.29) is 29.6 Å². The van der Waals surface area contributed by atoms with Gasteiger partial charge in [0.2, 0.25) is 0 Å². The molecule has 2 N–H and O–H groups in total. The molecule has 2 aromatic rings. The van der Waals surface area contributed by atoms with Crippen molar-refractivity contribution in [2.75, 3.05) is 20.2 Å². The number of benzene rings is 1. The van der Waals surface area contributed by atoms with Crippen LogP contribution in [-0.2, 0) is 4.74 Å². The molecule has 8 heteroatoms. The quantitative estimate of drug-likeness (QED) is 0.544. The van der Waals surface area contributed by atoms with Crippen molar-refractivity contribution in [2.45, 2.75) is 45.7 Å². The first-order chi connectivity index (χ1) is 14.7. The molecule has 2 heterocycles. The number of ether oxygens (including phenoxy) is 1. The molecule has 0 saturated carbocycles. The Morgan fingerprint density at radius 1 is 1.16 bits per heavy atom. The van der Waals surface area contributed by atoms with Gasteiger partial charge in [0.15, 0.2) is 5.78 Å². The SMILES string of the molecule is COC(=O)c1c(C)[nH]c(C(=O)C(C)N2CCC(NC(=O)c3ccc(F)cc3)CC2)c1C. The summed E-state index contributed by atoms with van der Waals surface area (Å²) in [5, 5.41) is 2.98. The highest BCUT2D eigenvalue weighted by Crippen LogP contribution is 2.23. The van der Waals surface area contributed by atoms with E-state index in [4.69, 9.17) is 4.74 Å². The summed E-state index contributed by atoms with van der Waals surface area (Å²) in [5.74, 6) is -1.15. The van der Waals surface area contributed by atoms with Crippen LogP contribution in [0.4, 0.5) is 4.39 Å². The van der Waals surface area contributed by atoms with Crippen molar-refractivity contribution in [3.05, 3.63) is 58.2 Å². The zero-order valence-corrected chi connectivity index (χ0v) is 18.3. The van der Waals surface area contributed by atoms with Crippen LogP contribution in [0.1, 0.15) is 62.2 Å². The Morgan fingerprint density at radius 3 is 2.35 bits per heavy atom. The van der Waals surface area contributed by atoms with Crippen LogP contribution >= 0.6 is 0 Å². The van der Waals surface area contributed by atoms with Gasteiger partial charge in [0.05, 0.1) is 24.4 Å². The van der Waals surface area contributed by atoms with Gasteiger partial charge in [-0.2, -0.15) is 0 Å². The van der Waals surface area contributed by atoms with Crippen LogP contribution in [0.2, 0.25) is 0 Å². The third-order valence-electron chi connectivity index (χ3n) is 5.97. The number of likely N-dealkylation sites (tertiary alicyclic amines) is 1. The van der Waals surface area contributed by atoms with Gasteiger partial charge in [-0.05, 0) is 63.4 Å². The molecule has 1 aromatic heterocycles. The molecule has 1 amide bonds. The Hall–Kier alpha value is -3.00. The number of aromatic amines is 1. The van der Waals surface area contributed by atoms with E-state index in [1.165, 1.54) is 31.4 Å². The maximum absolute atomic E-state index is 13.1. The van der Waals surface area contributed by atoms with Gasteiger partial charge in [0.25, 0.3) is 5.91 Å². The van der Waals surface area contributed by atoms with Gasteiger partial charge in [-0.15, -0.1) is 0 Å². The van der Waals surface area contributed by atoms with E-state index in [1.54, 1.807) is 13.8 Å². The number of aryl methyl sites for hydroxylation is 1. The van der Waals surface area contributed by atoms with Gasteiger partial charge in [-0.1, -0.05) is 0 Å². The molecular formula is C23H28FN3O4. The minimum Gasteiger partial charge on any atom is -0.465 e. The number of aromatic nitrogens is 1. The van der Waals surface area contributed by atoms with E-state index in [2.05, 4.69) is 15.2 Å². The van der Waals surface area contributed by atoms with E-state index in [0.717, 1.165) is 0 Å². The first-order valence-corrected chi connectivity index (χ1v) is 10.3. The summed E-state index contributed by atoms with van der Waals surface area (Å²) in [6, 6.07) is 5.09. The number of hydrogen-bond donors (Lipinski definition) is 2. The molecule has 1 aromatic carbocycles. The number of rotatable bonds is 6. The second-order valence-corrected chi connectivity index (χ2v) is 7.95. The smallest absolute Gasteiger partial charge is 0.339 e. The normalized spacial score (nSPS) is 16.0. The molecule has 0 aliphatic carbocycles. The molecule has 31 heavy (non-hydrogen) atoms. The highest BCUT2D eigenvalue weighted by atomic mass is 19.1. The molecule has 166 valence electrons. The number of amides is 1. The zero-order chi connectivity index (χ0) is 22.7. The third-order valence-corrected chi connectivity index (χ3v) is 5.97. The number of nitrogens with one attached hydrogen (secondary N) is 2. The van der Waals surface area contributed by atoms with Crippen molar-refractivity contribution in [1.82, 2.24) is 15.2 Å². The van der Waals surface area contributed by atoms with Crippen LogP contribution in [0, 0.1) is 19.7 Å². The molecule has 3 rings (SSSR count). The maximum atomic E-state index is 13.1. The van der Waals surface area contributed by atoms with Crippen molar-refractivity contribution in [2.24, 2.45) is 0 Å².